The molecule has 1 unspecified atom stereocenters. The number of carbonyl (C=O) groups is 1. The summed E-state index contributed by atoms with van der Waals surface area (Å²) in [5.41, 5.74) is 2.86. The van der Waals surface area contributed by atoms with E-state index < -0.39 is 0 Å². The van der Waals surface area contributed by atoms with Crippen molar-refractivity contribution in [3.8, 4) is 5.75 Å². The van der Waals surface area contributed by atoms with Crippen LogP contribution in [0.15, 0.2) is 22.6 Å². The van der Waals surface area contributed by atoms with Crippen LogP contribution in [0.25, 0.3) is 0 Å². The van der Waals surface area contributed by atoms with Crippen molar-refractivity contribution in [1.82, 2.24) is 10.3 Å². The number of aryl methyl sites for hydroxylation is 3. The van der Waals surface area contributed by atoms with Gasteiger partial charge in [0, 0.05) is 23.8 Å². The van der Waals surface area contributed by atoms with Gasteiger partial charge in [-0.25, -0.2) is 4.98 Å². The molecule has 0 bridgehead atoms. The first-order chi connectivity index (χ1) is 12.6. The van der Waals surface area contributed by atoms with Gasteiger partial charge in [0.15, 0.2) is 5.89 Å². The van der Waals surface area contributed by atoms with Crippen LogP contribution in [0, 0.1) is 13.8 Å². The summed E-state index contributed by atoms with van der Waals surface area (Å²) in [6.45, 7) is 14.7. The summed E-state index contributed by atoms with van der Waals surface area (Å²) in [5.74, 6) is 2.30. The maximum absolute atomic E-state index is 12.5. The molecule has 1 N–H and O–H groups in total. The van der Waals surface area contributed by atoms with Gasteiger partial charge in [-0.1, -0.05) is 38.5 Å². The molecule has 0 saturated heterocycles. The summed E-state index contributed by atoms with van der Waals surface area (Å²) in [6.07, 6.45) is 0.902. The van der Waals surface area contributed by atoms with Gasteiger partial charge in [-0.05, 0) is 33.8 Å². The number of aromatic nitrogens is 1. The van der Waals surface area contributed by atoms with Crippen LogP contribution in [-0.4, -0.2) is 17.5 Å². The predicted octanol–water partition coefficient (Wildman–Crippen LogP) is 4.80. The van der Waals surface area contributed by atoms with Gasteiger partial charge in [0.2, 0.25) is 5.91 Å². The van der Waals surface area contributed by atoms with Crippen molar-refractivity contribution in [2.24, 2.45) is 0 Å². The molecule has 1 amide bonds. The van der Waals surface area contributed by atoms with Crippen molar-refractivity contribution in [2.45, 2.75) is 72.8 Å². The van der Waals surface area contributed by atoms with Gasteiger partial charge in [0.1, 0.15) is 11.5 Å². The van der Waals surface area contributed by atoms with Crippen molar-refractivity contribution in [1.29, 1.82) is 0 Å². The number of rotatable bonds is 7. The van der Waals surface area contributed by atoms with Crippen LogP contribution in [0.2, 0.25) is 0 Å². The van der Waals surface area contributed by atoms with Gasteiger partial charge in [-0.3, -0.25) is 4.79 Å². The number of oxazole rings is 1. The molecular formula is C22H32N2O3. The largest absolute Gasteiger partial charge is 0.494 e. The zero-order valence-electron chi connectivity index (χ0n) is 17.6. The van der Waals surface area contributed by atoms with Crippen LogP contribution in [-0.2, 0) is 16.6 Å². The van der Waals surface area contributed by atoms with Gasteiger partial charge < -0.3 is 14.5 Å². The molecular weight excluding hydrogens is 340 g/mol. The molecule has 0 spiro atoms. The predicted molar refractivity (Wildman–Crippen MR) is 107 cm³/mol. The number of hydrogen-bond donors (Lipinski definition) is 1. The van der Waals surface area contributed by atoms with E-state index in [1.165, 1.54) is 0 Å². The quantitative estimate of drug-likeness (QED) is 0.758. The van der Waals surface area contributed by atoms with Crippen LogP contribution in [0.3, 0.4) is 0 Å². The summed E-state index contributed by atoms with van der Waals surface area (Å²) in [7, 11) is 0. The minimum Gasteiger partial charge on any atom is -0.494 e. The van der Waals surface area contributed by atoms with E-state index in [4.69, 9.17) is 9.15 Å². The molecule has 0 aliphatic rings. The Kier molecular flexibility index (Phi) is 6.68. The molecule has 1 atom stereocenters. The molecule has 0 fully saturated rings. The highest BCUT2D eigenvalue weighted by Crippen LogP contribution is 2.27. The molecule has 148 valence electrons. The van der Waals surface area contributed by atoms with E-state index in [0.29, 0.717) is 25.3 Å². The van der Waals surface area contributed by atoms with E-state index in [0.717, 1.165) is 28.3 Å². The fourth-order valence-corrected chi connectivity index (χ4v) is 2.89. The number of ether oxygens (including phenoxy) is 1. The second-order valence-corrected chi connectivity index (χ2v) is 8.04. The molecule has 0 aliphatic carbocycles. The van der Waals surface area contributed by atoms with Crippen molar-refractivity contribution >= 4 is 5.91 Å². The van der Waals surface area contributed by atoms with Crippen molar-refractivity contribution in [3.63, 3.8) is 0 Å². The van der Waals surface area contributed by atoms with Gasteiger partial charge in [-0.2, -0.15) is 0 Å². The fourth-order valence-electron chi connectivity index (χ4n) is 2.89. The summed E-state index contributed by atoms with van der Waals surface area (Å²) < 4.78 is 11.6. The lowest BCUT2D eigenvalue weighted by atomic mass is 9.97. The average Bonchev–Trinajstić information content (AvgIpc) is 2.96. The second kappa shape index (κ2) is 8.59. The monoisotopic (exact) mass is 372 g/mol. The second-order valence-electron chi connectivity index (χ2n) is 8.04. The topological polar surface area (TPSA) is 64.4 Å². The maximum atomic E-state index is 12.5. The van der Waals surface area contributed by atoms with E-state index in [1.807, 2.05) is 39.8 Å². The van der Waals surface area contributed by atoms with Gasteiger partial charge in [-0.15, -0.1) is 0 Å². The van der Waals surface area contributed by atoms with Crippen molar-refractivity contribution in [2.75, 3.05) is 6.61 Å². The van der Waals surface area contributed by atoms with Crippen molar-refractivity contribution in [3.05, 3.63) is 46.7 Å². The van der Waals surface area contributed by atoms with Crippen LogP contribution in [0.5, 0.6) is 5.75 Å². The van der Waals surface area contributed by atoms with E-state index in [2.05, 4.69) is 37.1 Å². The van der Waals surface area contributed by atoms with Crippen molar-refractivity contribution < 1.29 is 13.9 Å². The van der Waals surface area contributed by atoms with Crippen LogP contribution in [0.4, 0.5) is 0 Å². The van der Waals surface area contributed by atoms with Gasteiger partial charge >= 0.3 is 0 Å². The first-order valence-electron chi connectivity index (χ1n) is 9.61. The Labute approximate surface area is 162 Å². The standard InChI is InChI=1S/C22H32N2O3/c1-8-26-19-10-9-14(2)13-17(19)15(3)23-20(25)12-11-18-16(4)24-21(27-18)22(5,6)7/h9-10,13,15H,8,11-12H2,1-7H3,(H,23,25). The Balaban J connectivity index is 2.00. The highest BCUT2D eigenvalue weighted by Gasteiger charge is 2.22. The molecule has 0 aliphatic heterocycles. The number of amides is 1. The highest BCUT2D eigenvalue weighted by atomic mass is 16.5. The van der Waals surface area contributed by atoms with E-state index >= 15 is 0 Å². The third kappa shape index (κ3) is 5.59. The number of nitrogens with one attached hydrogen (secondary N) is 1. The van der Waals surface area contributed by atoms with Crippen LogP contribution >= 0.6 is 0 Å². The maximum Gasteiger partial charge on any atom is 0.220 e. The molecule has 1 heterocycles. The molecule has 2 rings (SSSR count). The molecule has 1 aromatic heterocycles. The molecule has 5 heteroatoms. The van der Waals surface area contributed by atoms with Gasteiger partial charge in [0.25, 0.3) is 0 Å². The summed E-state index contributed by atoms with van der Waals surface area (Å²) in [6, 6.07) is 5.91. The zero-order chi connectivity index (χ0) is 20.2. The smallest absolute Gasteiger partial charge is 0.220 e. The number of hydrogen-bond acceptors (Lipinski definition) is 4. The van der Waals surface area contributed by atoms with E-state index in [1.54, 1.807) is 0 Å². The normalized spacial score (nSPS) is 12.7. The minimum atomic E-state index is -0.138. The first-order valence-corrected chi connectivity index (χ1v) is 9.61. The average molecular weight is 373 g/mol. The lowest BCUT2D eigenvalue weighted by Crippen LogP contribution is -2.27. The van der Waals surface area contributed by atoms with Gasteiger partial charge in [0.05, 0.1) is 18.3 Å². The number of carbonyl (C=O) groups excluding carboxylic acids is 1. The Hall–Kier alpha value is -2.30. The molecule has 0 saturated carbocycles. The molecule has 0 radical (unpaired) electrons. The number of benzene rings is 1. The molecule has 27 heavy (non-hydrogen) atoms. The first kappa shape index (κ1) is 21.0. The zero-order valence-corrected chi connectivity index (χ0v) is 17.6. The Morgan fingerprint density at radius 2 is 2.00 bits per heavy atom. The molecule has 1 aromatic carbocycles. The highest BCUT2D eigenvalue weighted by molar-refractivity contribution is 5.76. The van der Waals surface area contributed by atoms with E-state index in [-0.39, 0.29) is 17.4 Å². The number of nitrogens with zero attached hydrogens (tertiary/aromatic N) is 1. The summed E-state index contributed by atoms with van der Waals surface area (Å²) >= 11 is 0. The minimum absolute atomic E-state index is 0.0143. The van der Waals surface area contributed by atoms with E-state index in [9.17, 15) is 4.79 Å². The lowest BCUT2D eigenvalue weighted by molar-refractivity contribution is -0.121. The Morgan fingerprint density at radius 1 is 1.30 bits per heavy atom. The third-order valence-corrected chi connectivity index (χ3v) is 4.42. The summed E-state index contributed by atoms with van der Waals surface area (Å²) in [4.78, 5) is 17.0. The fraction of sp³-hybridized carbons (Fsp3) is 0.545. The third-order valence-electron chi connectivity index (χ3n) is 4.42. The Bertz CT molecular complexity index is 787. The Morgan fingerprint density at radius 3 is 2.59 bits per heavy atom. The van der Waals surface area contributed by atoms with Crippen LogP contribution in [0.1, 0.15) is 75.6 Å². The molecule has 5 nitrogen and oxygen atoms in total. The molecule has 2 aromatic rings. The summed E-state index contributed by atoms with van der Waals surface area (Å²) in [5, 5.41) is 3.07. The lowest BCUT2D eigenvalue weighted by Gasteiger charge is -2.18. The SMILES string of the molecule is CCOc1ccc(C)cc1C(C)NC(=O)CCc1oc(C(C)(C)C)nc1C. The van der Waals surface area contributed by atoms with Crippen LogP contribution < -0.4 is 10.1 Å².